The van der Waals surface area contributed by atoms with Gasteiger partial charge in [0.1, 0.15) is 0 Å². The maximum absolute atomic E-state index is 10.9. The molecule has 3 nitrogen and oxygen atoms in total. The Labute approximate surface area is 137 Å². The summed E-state index contributed by atoms with van der Waals surface area (Å²) in [5.74, 6) is -0.926. The molecule has 110 valence electrons. The molecule has 0 amide bonds. The summed E-state index contributed by atoms with van der Waals surface area (Å²) >= 11 is 9.29. The van der Waals surface area contributed by atoms with Crippen molar-refractivity contribution in [3.8, 4) is 0 Å². The average Bonchev–Trinajstić information content (AvgIpc) is 2.46. The molecular formula is C16H15BrClNO2. The SMILES string of the molecule is C[C@H](NCc1ccc(C(=O)O)cc1Br)c1ccc(Cl)cc1. The Hall–Kier alpha value is -1.36. The number of benzene rings is 2. The first-order chi connectivity index (χ1) is 9.97. The van der Waals surface area contributed by atoms with Crippen LogP contribution in [0.2, 0.25) is 5.02 Å². The van der Waals surface area contributed by atoms with Gasteiger partial charge in [-0.25, -0.2) is 4.79 Å². The van der Waals surface area contributed by atoms with E-state index in [4.69, 9.17) is 16.7 Å². The number of nitrogens with one attached hydrogen (secondary N) is 1. The largest absolute Gasteiger partial charge is 0.478 e. The van der Waals surface area contributed by atoms with Gasteiger partial charge in [-0.1, -0.05) is 45.7 Å². The number of hydrogen-bond acceptors (Lipinski definition) is 2. The van der Waals surface area contributed by atoms with Gasteiger partial charge in [-0.15, -0.1) is 0 Å². The zero-order valence-corrected chi connectivity index (χ0v) is 13.8. The zero-order valence-electron chi connectivity index (χ0n) is 11.4. The van der Waals surface area contributed by atoms with Crippen molar-refractivity contribution in [2.45, 2.75) is 19.5 Å². The molecule has 0 fully saturated rings. The van der Waals surface area contributed by atoms with Gasteiger partial charge in [0.05, 0.1) is 5.56 Å². The third-order valence-electron chi connectivity index (χ3n) is 3.27. The first-order valence-corrected chi connectivity index (χ1v) is 7.65. The van der Waals surface area contributed by atoms with Crippen LogP contribution >= 0.6 is 27.5 Å². The van der Waals surface area contributed by atoms with Crippen molar-refractivity contribution < 1.29 is 9.90 Å². The highest BCUT2D eigenvalue weighted by molar-refractivity contribution is 9.10. The van der Waals surface area contributed by atoms with Crippen LogP contribution in [0, 0.1) is 0 Å². The van der Waals surface area contributed by atoms with Gasteiger partial charge in [0.2, 0.25) is 0 Å². The smallest absolute Gasteiger partial charge is 0.335 e. The van der Waals surface area contributed by atoms with Crippen molar-refractivity contribution in [2.24, 2.45) is 0 Å². The molecule has 2 N–H and O–H groups in total. The Morgan fingerprint density at radius 3 is 2.52 bits per heavy atom. The predicted molar refractivity (Wildman–Crippen MR) is 87.8 cm³/mol. The van der Waals surface area contributed by atoms with Crippen LogP contribution in [-0.2, 0) is 6.54 Å². The molecule has 0 saturated heterocycles. The van der Waals surface area contributed by atoms with Crippen molar-refractivity contribution in [1.29, 1.82) is 0 Å². The van der Waals surface area contributed by atoms with E-state index in [0.29, 0.717) is 6.54 Å². The maximum atomic E-state index is 10.9. The molecule has 0 heterocycles. The van der Waals surface area contributed by atoms with Crippen molar-refractivity contribution >= 4 is 33.5 Å². The van der Waals surface area contributed by atoms with E-state index in [1.807, 2.05) is 30.3 Å². The van der Waals surface area contributed by atoms with Crippen LogP contribution in [-0.4, -0.2) is 11.1 Å². The number of rotatable bonds is 5. The zero-order chi connectivity index (χ0) is 15.4. The summed E-state index contributed by atoms with van der Waals surface area (Å²) in [7, 11) is 0. The lowest BCUT2D eigenvalue weighted by Crippen LogP contribution is -2.18. The molecule has 0 aliphatic heterocycles. The molecule has 0 unspecified atom stereocenters. The van der Waals surface area contributed by atoms with E-state index in [1.54, 1.807) is 12.1 Å². The van der Waals surface area contributed by atoms with Gasteiger partial charge < -0.3 is 10.4 Å². The van der Waals surface area contributed by atoms with Gasteiger partial charge >= 0.3 is 5.97 Å². The Kier molecular flexibility index (Phi) is 5.39. The Morgan fingerprint density at radius 2 is 1.95 bits per heavy atom. The lowest BCUT2D eigenvalue weighted by molar-refractivity contribution is 0.0697. The number of halogens is 2. The van der Waals surface area contributed by atoms with E-state index in [9.17, 15) is 4.79 Å². The summed E-state index contributed by atoms with van der Waals surface area (Å²) in [5, 5.41) is 13.1. The highest BCUT2D eigenvalue weighted by atomic mass is 79.9. The van der Waals surface area contributed by atoms with Crippen LogP contribution in [0.5, 0.6) is 0 Å². The molecule has 21 heavy (non-hydrogen) atoms. The van der Waals surface area contributed by atoms with E-state index < -0.39 is 5.97 Å². The van der Waals surface area contributed by atoms with Crippen LogP contribution in [0.15, 0.2) is 46.9 Å². The van der Waals surface area contributed by atoms with E-state index in [-0.39, 0.29) is 11.6 Å². The Bertz CT molecular complexity index is 643. The number of aromatic carboxylic acids is 1. The summed E-state index contributed by atoms with van der Waals surface area (Å²) < 4.78 is 0.790. The molecule has 0 aliphatic carbocycles. The fourth-order valence-corrected chi connectivity index (χ4v) is 2.60. The number of carboxylic acid groups (broad SMARTS) is 1. The fourth-order valence-electron chi connectivity index (χ4n) is 1.96. The highest BCUT2D eigenvalue weighted by Gasteiger charge is 2.09. The summed E-state index contributed by atoms with van der Waals surface area (Å²) in [4.78, 5) is 10.9. The third-order valence-corrected chi connectivity index (χ3v) is 4.26. The van der Waals surface area contributed by atoms with Crippen LogP contribution in [0.3, 0.4) is 0 Å². The maximum Gasteiger partial charge on any atom is 0.335 e. The monoisotopic (exact) mass is 367 g/mol. The Balaban J connectivity index is 2.02. The molecular weight excluding hydrogens is 354 g/mol. The van der Waals surface area contributed by atoms with E-state index in [2.05, 4.69) is 28.2 Å². The second-order valence-corrected chi connectivity index (χ2v) is 6.06. The van der Waals surface area contributed by atoms with E-state index >= 15 is 0 Å². The first kappa shape index (κ1) is 16.0. The lowest BCUT2D eigenvalue weighted by Gasteiger charge is -2.15. The van der Waals surface area contributed by atoms with Crippen LogP contribution in [0.1, 0.15) is 34.5 Å². The molecule has 2 aromatic carbocycles. The molecule has 0 radical (unpaired) electrons. The van der Waals surface area contributed by atoms with E-state index in [0.717, 1.165) is 20.6 Å². The molecule has 5 heteroatoms. The summed E-state index contributed by atoms with van der Waals surface area (Å²) in [6.07, 6.45) is 0. The summed E-state index contributed by atoms with van der Waals surface area (Å²) in [6, 6.07) is 12.9. The molecule has 0 saturated carbocycles. The minimum absolute atomic E-state index is 0.174. The van der Waals surface area contributed by atoms with Gasteiger partial charge in [0.15, 0.2) is 0 Å². The van der Waals surface area contributed by atoms with Crippen LogP contribution in [0.4, 0.5) is 0 Å². The molecule has 0 bridgehead atoms. The quantitative estimate of drug-likeness (QED) is 0.807. The fraction of sp³-hybridized carbons (Fsp3) is 0.188. The lowest BCUT2D eigenvalue weighted by atomic mass is 10.1. The second-order valence-electron chi connectivity index (χ2n) is 4.77. The summed E-state index contributed by atoms with van der Waals surface area (Å²) in [5.41, 5.74) is 2.44. The molecule has 2 rings (SSSR count). The van der Waals surface area contributed by atoms with Gasteiger partial charge in [-0.2, -0.15) is 0 Å². The highest BCUT2D eigenvalue weighted by Crippen LogP contribution is 2.21. The van der Waals surface area contributed by atoms with Crippen molar-refractivity contribution in [2.75, 3.05) is 0 Å². The van der Waals surface area contributed by atoms with Gasteiger partial charge in [-0.05, 0) is 42.3 Å². The minimum Gasteiger partial charge on any atom is -0.478 e. The van der Waals surface area contributed by atoms with Crippen molar-refractivity contribution in [1.82, 2.24) is 5.32 Å². The number of carbonyl (C=O) groups is 1. The van der Waals surface area contributed by atoms with Gasteiger partial charge in [0, 0.05) is 22.1 Å². The topological polar surface area (TPSA) is 49.3 Å². The number of carboxylic acids is 1. The third kappa shape index (κ3) is 4.30. The van der Waals surface area contributed by atoms with Gasteiger partial charge in [-0.3, -0.25) is 0 Å². The molecule has 2 aromatic rings. The van der Waals surface area contributed by atoms with Crippen LogP contribution < -0.4 is 5.32 Å². The van der Waals surface area contributed by atoms with Crippen molar-refractivity contribution in [3.63, 3.8) is 0 Å². The molecule has 0 aromatic heterocycles. The summed E-state index contributed by atoms with van der Waals surface area (Å²) in [6.45, 7) is 2.72. The molecule has 0 spiro atoms. The standard InChI is InChI=1S/C16H15BrClNO2/c1-10(11-4-6-14(18)7-5-11)19-9-13-3-2-12(16(20)21)8-15(13)17/h2-8,10,19H,9H2,1H3,(H,20,21)/t10-/m0/s1. The second kappa shape index (κ2) is 7.07. The Morgan fingerprint density at radius 1 is 1.29 bits per heavy atom. The van der Waals surface area contributed by atoms with Crippen LogP contribution in [0.25, 0.3) is 0 Å². The first-order valence-electron chi connectivity index (χ1n) is 6.48. The van der Waals surface area contributed by atoms with E-state index in [1.165, 1.54) is 0 Å². The molecule has 0 aliphatic rings. The van der Waals surface area contributed by atoms with Crippen molar-refractivity contribution in [3.05, 3.63) is 68.7 Å². The van der Waals surface area contributed by atoms with Gasteiger partial charge in [0.25, 0.3) is 0 Å². The minimum atomic E-state index is -0.926. The number of hydrogen-bond donors (Lipinski definition) is 2. The molecule has 1 atom stereocenters. The average molecular weight is 369 g/mol. The predicted octanol–water partition coefficient (Wildman–Crippen LogP) is 4.65. The normalized spacial score (nSPS) is 12.1.